The van der Waals surface area contributed by atoms with Crippen molar-refractivity contribution in [1.29, 1.82) is 0 Å². The molecule has 0 rings (SSSR count). The average Bonchev–Trinajstić information content (AvgIpc) is 2.60. The summed E-state index contributed by atoms with van der Waals surface area (Å²) in [5.74, 6) is 2.44. The van der Waals surface area contributed by atoms with Crippen LogP contribution in [0, 0.1) is 17.8 Å². The maximum Gasteiger partial charge on any atom is 0.268 e. The van der Waals surface area contributed by atoms with Gasteiger partial charge in [0.25, 0.3) is 7.82 Å². The van der Waals surface area contributed by atoms with Crippen LogP contribution in [-0.2, 0) is 13.6 Å². The molecule has 0 amide bonds. The Balaban J connectivity index is 3.83. The smallest absolute Gasteiger partial charge is 0.268 e. The summed E-state index contributed by atoms with van der Waals surface area (Å²) in [6.07, 6.45) is 13.3. The first-order chi connectivity index (χ1) is 14.0. The minimum absolute atomic E-state index is 0.0612. The van der Waals surface area contributed by atoms with E-state index in [4.69, 9.17) is 9.05 Å². The highest BCUT2D eigenvalue weighted by molar-refractivity contribution is 7.45. The fourth-order valence-electron chi connectivity index (χ4n) is 3.48. The number of allylic oxidation sites excluding steroid dienone is 1. The maximum absolute atomic E-state index is 11.7. The molecule has 1 N–H and O–H groups in total. The van der Waals surface area contributed by atoms with Crippen molar-refractivity contribution in [2.24, 2.45) is 17.8 Å². The van der Waals surface area contributed by atoms with Crippen LogP contribution in [0.2, 0.25) is 0 Å². The van der Waals surface area contributed by atoms with Gasteiger partial charge in [-0.15, -0.1) is 0 Å². The van der Waals surface area contributed by atoms with Crippen molar-refractivity contribution in [3.8, 4) is 0 Å². The third-order valence-corrected chi connectivity index (χ3v) is 6.62. The van der Waals surface area contributed by atoms with E-state index < -0.39 is 7.82 Å². The summed E-state index contributed by atoms with van der Waals surface area (Å²) in [4.78, 5) is 12.8. The summed E-state index contributed by atoms with van der Waals surface area (Å²) in [7, 11) is -0.294. The number of hydrogen-bond donors (Lipinski definition) is 1. The van der Waals surface area contributed by atoms with E-state index in [1.165, 1.54) is 50.5 Å². The monoisotopic (exact) mass is 447 g/mol. The quantitative estimate of drug-likeness (QED) is 0.223. The van der Waals surface area contributed by atoms with E-state index in [2.05, 4.69) is 27.7 Å². The summed E-state index contributed by atoms with van der Waals surface area (Å²) >= 11 is 0. The highest BCUT2D eigenvalue weighted by Crippen LogP contribution is 2.37. The molecule has 0 bridgehead atoms. The molecule has 0 aliphatic heterocycles. The predicted octanol–water partition coefficient (Wildman–Crippen LogP) is 5.02. The van der Waals surface area contributed by atoms with Gasteiger partial charge in [0.15, 0.2) is 0 Å². The second-order valence-corrected chi connectivity index (χ2v) is 11.4. The lowest BCUT2D eigenvalue weighted by Crippen LogP contribution is -3.06. The van der Waals surface area contributed by atoms with Crippen LogP contribution in [-0.4, -0.2) is 33.9 Å². The number of likely N-dealkylation sites (N-methyl/N-ethyl adjacent to an activating group) is 1. The fourth-order valence-corrected chi connectivity index (χ4v) is 4.13. The highest BCUT2D eigenvalue weighted by atomic mass is 31.2. The molecule has 180 valence electrons. The van der Waals surface area contributed by atoms with Crippen molar-refractivity contribution in [3.63, 3.8) is 0 Å². The molecular formula is C24H50NO4P. The van der Waals surface area contributed by atoms with Gasteiger partial charge >= 0.3 is 0 Å². The van der Waals surface area contributed by atoms with Crippen LogP contribution in [0.4, 0.5) is 0 Å². The van der Waals surface area contributed by atoms with Crippen molar-refractivity contribution in [1.82, 2.24) is 0 Å². The Kier molecular flexibility index (Phi) is 17.3. The summed E-state index contributed by atoms with van der Waals surface area (Å²) in [5, 5.41) is 0. The van der Waals surface area contributed by atoms with Crippen LogP contribution in [0.25, 0.3) is 0 Å². The van der Waals surface area contributed by atoms with Gasteiger partial charge in [-0.25, -0.2) is 0 Å². The Morgan fingerprint density at radius 1 is 0.933 bits per heavy atom. The molecule has 5 nitrogen and oxygen atoms in total. The predicted molar refractivity (Wildman–Crippen MR) is 126 cm³/mol. The summed E-state index contributed by atoms with van der Waals surface area (Å²) in [5.41, 5.74) is 1.18. The first kappa shape index (κ1) is 29.8. The zero-order valence-corrected chi connectivity index (χ0v) is 21.8. The molecule has 30 heavy (non-hydrogen) atoms. The van der Waals surface area contributed by atoms with Gasteiger partial charge in [-0.05, 0) is 37.5 Å². The van der Waals surface area contributed by atoms with Crippen LogP contribution in [0.15, 0.2) is 11.6 Å². The van der Waals surface area contributed by atoms with Gasteiger partial charge < -0.3 is 18.8 Å². The van der Waals surface area contributed by atoms with E-state index in [0.29, 0.717) is 6.54 Å². The molecule has 0 heterocycles. The number of hydrogen-bond acceptors (Lipinski definition) is 4. The van der Waals surface area contributed by atoms with Gasteiger partial charge in [-0.3, -0.25) is 4.57 Å². The summed E-state index contributed by atoms with van der Waals surface area (Å²) in [6, 6.07) is 0. The lowest BCUT2D eigenvalue weighted by molar-refractivity contribution is -0.858. The largest absolute Gasteiger partial charge is 0.756 e. The van der Waals surface area contributed by atoms with Crippen LogP contribution >= 0.6 is 7.82 Å². The number of quaternary nitrogens is 1. The Bertz CT molecular complexity index is 494. The van der Waals surface area contributed by atoms with Crippen LogP contribution in [0.5, 0.6) is 0 Å². The van der Waals surface area contributed by atoms with Gasteiger partial charge in [0, 0.05) is 0 Å². The molecule has 6 heteroatoms. The molecule has 0 radical (unpaired) electrons. The number of phosphoric acid groups is 1. The molecule has 3 atom stereocenters. The minimum Gasteiger partial charge on any atom is -0.756 e. The summed E-state index contributed by atoms with van der Waals surface area (Å²) < 4.78 is 21.4. The van der Waals surface area contributed by atoms with Crippen LogP contribution in [0.1, 0.15) is 92.4 Å². The van der Waals surface area contributed by atoms with E-state index in [1.807, 2.05) is 27.1 Å². The molecular weight excluding hydrogens is 397 g/mol. The highest BCUT2D eigenvalue weighted by Gasteiger charge is 2.10. The molecule has 0 saturated heterocycles. The Morgan fingerprint density at radius 3 is 2.00 bits per heavy atom. The first-order valence-corrected chi connectivity index (χ1v) is 13.5. The number of phosphoric ester groups is 1. The van der Waals surface area contributed by atoms with Gasteiger partial charge in [0.05, 0.1) is 20.7 Å². The maximum atomic E-state index is 11.7. The second kappa shape index (κ2) is 17.4. The van der Waals surface area contributed by atoms with Crippen molar-refractivity contribution >= 4 is 7.82 Å². The van der Waals surface area contributed by atoms with Crippen LogP contribution < -0.4 is 9.79 Å². The molecule has 0 aromatic carbocycles. The zero-order valence-electron chi connectivity index (χ0n) is 20.9. The standard InChI is InChI=1S/C24H50NO4P/c1-21(2)11-8-12-22(3)13-9-14-23(4)15-10-16-24(5)17-19-28-30(26,27)29-20-18-25(6)7/h17,21-23H,8-16,18-20H2,1-7H3,(H,26,27)/b24-17+/t22-,23-/m1/s1. The third-order valence-electron chi connectivity index (χ3n) is 5.66. The Labute approximate surface area is 187 Å². The van der Waals surface area contributed by atoms with E-state index in [0.717, 1.165) is 35.5 Å². The second-order valence-electron chi connectivity index (χ2n) is 9.94. The molecule has 0 aliphatic rings. The number of nitrogens with one attached hydrogen (secondary N) is 1. The molecule has 0 aromatic rings. The van der Waals surface area contributed by atoms with Crippen molar-refractivity contribution in [2.45, 2.75) is 92.4 Å². The van der Waals surface area contributed by atoms with Crippen molar-refractivity contribution in [3.05, 3.63) is 11.6 Å². The van der Waals surface area contributed by atoms with Gasteiger partial charge in [-0.1, -0.05) is 84.3 Å². The Hall–Kier alpha value is -0.190. The molecule has 1 unspecified atom stereocenters. The zero-order chi connectivity index (χ0) is 23.0. The van der Waals surface area contributed by atoms with Crippen LogP contribution in [0.3, 0.4) is 0 Å². The topological polar surface area (TPSA) is 63.0 Å². The normalized spacial score (nSPS) is 16.8. The molecule has 0 spiro atoms. The van der Waals surface area contributed by atoms with E-state index >= 15 is 0 Å². The van der Waals surface area contributed by atoms with Gasteiger partial charge in [0.1, 0.15) is 13.2 Å². The SMILES string of the molecule is C/C(=C\COP(=O)([O-])OCC[NH+](C)C)CCC[C@H](C)CCC[C@H](C)CCCC(C)C. The Morgan fingerprint density at radius 2 is 1.47 bits per heavy atom. The van der Waals surface area contributed by atoms with Gasteiger partial charge in [-0.2, -0.15) is 0 Å². The molecule has 0 fully saturated rings. The van der Waals surface area contributed by atoms with E-state index in [9.17, 15) is 9.46 Å². The lowest BCUT2D eigenvalue weighted by atomic mass is 9.91. The minimum atomic E-state index is -4.19. The fraction of sp³-hybridized carbons (Fsp3) is 0.917. The van der Waals surface area contributed by atoms with Gasteiger partial charge in [0.2, 0.25) is 0 Å². The molecule has 0 saturated carbocycles. The third kappa shape index (κ3) is 19.8. The average molecular weight is 448 g/mol. The molecule has 0 aromatic heterocycles. The summed E-state index contributed by atoms with van der Waals surface area (Å²) in [6.45, 7) is 12.2. The van der Waals surface area contributed by atoms with Crippen molar-refractivity contribution in [2.75, 3.05) is 33.9 Å². The van der Waals surface area contributed by atoms with E-state index in [1.54, 1.807) is 0 Å². The number of rotatable bonds is 19. The van der Waals surface area contributed by atoms with Crippen molar-refractivity contribution < 1.29 is 23.4 Å². The molecule has 0 aliphatic carbocycles. The van der Waals surface area contributed by atoms with E-state index in [-0.39, 0.29) is 13.2 Å². The lowest BCUT2D eigenvalue weighted by Gasteiger charge is -2.22. The first-order valence-electron chi connectivity index (χ1n) is 12.1.